The number of ether oxygens (including phenoxy) is 2. The molecule has 2 N–H and O–H groups in total. The molecule has 7 nitrogen and oxygen atoms in total. The van der Waals surface area contributed by atoms with Gasteiger partial charge in [-0.3, -0.25) is 4.72 Å². The number of aromatic hydroxyl groups is 1. The number of morpholine rings is 1. The van der Waals surface area contributed by atoms with Gasteiger partial charge in [0.1, 0.15) is 17.2 Å². The van der Waals surface area contributed by atoms with E-state index >= 15 is 0 Å². The summed E-state index contributed by atoms with van der Waals surface area (Å²) in [5, 5.41) is 9.73. The highest BCUT2D eigenvalue weighted by atomic mass is 32.2. The molecule has 0 radical (unpaired) electrons. The van der Waals surface area contributed by atoms with Crippen molar-refractivity contribution in [1.82, 2.24) is 4.31 Å². The zero-order valence-corrected chi connectivity index (χ0v) is 11.3. The highest BCUT2D eigenvalue weighted by Gasteiger charge is 2.26. The molecule has 0 atom stereocenters. The molecule has 0 aliphatic carbocycles. The fraction of sp³-hybridized carbons (Fsp3) is 0.455. The predicted octanol–water partition coefficient (Wildman–Crippen LogP) is 0.390. The lowest BCUT2D eigenvalue weighted by Crippen LogP contribution is -2.43. The first-order chi connectivity index (χ1) is 9.04. The molecule has 0 bridgehead atoms. The van der Waals surface area contributed by atoms with Crippen molar-refractivity contribution in [2.75, 3.05) is 38.1 Å². The molecule has 106 valence electrons. The predicted molar refractivity (Wildman–Crippen MR) is 69.6 cm³/mol. The summed E-state index contributed by atoms with van der Waals surface area (Å²) in [6.07, 6.45) is 0. The Morgan fingerprint density at radius 2 is 2.05 bits per heavy atom. The van der Waals surface area contributed by atoms with Crippen LogP contribution in [-0.2, 0) is 14.9 Å². The first-order valence-corrected chi connectivity index (χ1v) is 7.20. The third kappa shape index (κ3) is 3.09. The summed E-state index contributed by atoms with van der Waals surface area (Å²) in [5.74, 6) is 0.0769. The van der Waals surface area contributed by atoms with Crippen LogP contribution in [-0.4, -0.2) is 51.2 Å². The molecule has 0 spiro atoms. The van der Waals surface area contributed by atoms with E-state index < -0.39 is 10.2 Å². The highest BCUT2D eigenvalue weighted by Crippen LogP contribution is 2.34. The fourth-order valence-electron chi connectivity index (χ4n) is 1.77. The van der Waals surface area contributed by atoms with Crippen LogP contribution in [0, 0.1) is 0 Å². The van der Waals surface area contributed by atoms with Gasteiger partial charge >= 0.3 is 10.2 Å². The van der Waals surface area contributed by atoms with E-state index in [-0.39, 0.29) is 30.3 Å². The van der Waals surface area contributed by atoms with Crippen LogP contribution in [0.25, 0.3) is 0 Å². The number of nitrogens with one attached hydrogen (secondary N) is 1. The van der Waals surface area contributed by atoms with E-state index in [9.17, 15) is 13.5 Å². The summed E-state index contributed by atoms with van der Waals surface area (Å²) in [4.78, 5) is 0. The van der Waals surface area contributed by atoms with Crippen molar-refractivity contribution in [3.63, 3.8) is 0 Å². The monoisotopic (exact) mass is 288 g/mol. The number of rotatable bonds is 4. The first-order valence-electron chi connectivity index (χ1n) is 5.76. The van der Waals surface area contributed by atoms with Crippen LogP contribution in [0.4, 0.5) is 5.69 Å². The van der Waals surface area contributed by atoms with E-state index in [1.165, 1.54) is 17.5 Å². The summed E-state index contributed by atoms with van der Waals surface area (Å²) in [5.41, 5.74) is 0.0384. The number of benzene rings is 1. The van der Waals surface area contributed by atoms with Crippen LogP contribution in [0.1, 0.15) is 0 Å². The van der Waals surface area contributed by atoms with Gasteiger partial charge in [-0.15, -0.1) is 0 Å². The second-order valence-corrected chi connectivity index (χ2v) is 5.64. The molecule has 1 aliphatic rings. The van der Waals surface area contributed by atoms with E-state index in [1.54, 1.807) is 12.1 Å². The zero-order valence-electron chi connectivity index (χ0n) is 10.5. The summed E-state index contributed by atoms with van der Waals surface area (Å²) >= 11 is 0. The zero-order chi connectivity index (χ0) is 13.9. The molecule has 1 aliphatic heterocycles. The Kier molecular flexibility index (Phi) is 4.13. The van der Waals surface area contributed by atoms with Crippen molar-refractivity contribution in [2.45, 2.75) is 0 Å². The van der Waals surface area contributed by atoms with Gasteiger partial charge in [0.05, 0.1) is 20.3 Å². The molecule has 1 saturated heterocycles. The third-order valence-corrected chi connectivity index (χ3v) is 4.27. The van der Waals surface area contributed by atoms with Crippen LogP contribution in [0.2, 0.25) is 0 Å². The van der Waals surface area contributed by atoms with Crippen LogP contribution in [0.3, 0.4) is 0 Å². The number of phenols is 1. The van der Waals surface area contributed by atoms with Crippen molar-refractivity contribution in [3.8, 4) is 11.5 Å². The SMILES string of the molecule is COc1cccc(O)c1NS(=O)(=O)N1CCOCC1. The van der Waals surface area contributed by atoms with E-state index in [4.69, 9.17) is 9.47 Å². The quantitative estimate of drug-likeness (QED) is 0.783. The molecule has 0 aromatic heterocycles. The summed E-state index contributed by atoms with van der Waals surface area (Å²) in [7, 11) is -2.32. The molecule has 2 rings (SSSR count). The number of phenolic OH excluding ortho intramolecular Hbond substituents is 1. The Hall–Kier alpha value is -1.51. The molecule has 8 heteroatoms. The van der Waals surface area contributed by atoms with E-state index in [1.807, 2.05) is 0 Å². The van der Waals surface area contributed by atoms with Gasteiger partial charge in [0.15, 0.2) is 0 Å². The van der Waals surface area contributed by atoms with Crippen molar-refractivity contribution >= 4 is 15.9 Å². The standard InChI is InChI=1S/C11H16N2O5S/c1-17-10-4-2-3-9(14)11(10)12-19(15,16)13-5-7-18-8-6-13/h2-4,12,14H,5-8H2,1H3. The van der Waals surface area contributed by atoms with Gasteiger partial charge in [-0.1, -0.05) is 6.07 Å². The van der Waals surface area contributed by atoms with Gasteiger partial charge in [0.25, 0.3) is 0 Å². The van der Waals surface area contributed by atoms with Gasteiger partial charge in [0.2, 0.25) is 0 Å². The largest absolute Gasteiger partial charge is 0.506 e. The number of para-hydroxylation sites is 1. The average molecular weight is 288 g/mol. The number of nitrogens with zero attached hydrogens (tertiary/aromatic N) is 1. The molecule has 1 heterocycles. The molecule has 0 amide bonds. The molecule has 0 unspecified atom stereocenters. The lowest BCUT2D eigenvalue weighted by atomic mass is 10.3. The maximum absolute atomic E-state index is 12.2. The van der Waals surface area contributed by atoms with Gasteiger partial charge < -0.3 is 14.6 Å². The number of methoxy groups -OCH3 is 1. The summed E-state index contributed by atoms with van der Waals surface area (Å²) < 4.78 is 38.1. The van der Waals surface area contributed by atoms with E-state index in [0.29, 0.717) is 13.2 Å². The molecule has 19 heavy (non-hydrogen) atoms. The van der Waals surface area contributed by atoms with Crippen LogP contribution in [0.15, 0.2) is 18.2 Å². The van der Waals surface area contributed by atoms with E-state index in [2.05, 4.69) is 4.72 Å². The molecule has 1 aromatic rings. The lowest BCUT2D eigenvalue weighted by Gasteiger charge is -2.26. The fourth-order valence-corrected chi connectivity index (χ4v) is 2.99. The van der Waals surface area contributed by atoms with E-state index in [0.717, 1.165) is 0 Å². The Morgan fingerprint density at radius 3 is 2.68 bits per heavy atom. The number of anilines is 1. The van der Waals surface area contributed by atoms with Crippen molar-refractivity contribution in [2.24, 2.45) is 0 Å². The van der Waals surface area contributed by atoms with Gasteiger partial charge in [-0.05, 0) is 12.1 Å². The topological polar surface area (TPSA) is 88.1 Å². The minimum absolute atomic E-state index is 0.0384. The molecule has 1 aromatic carbocycles. The second-order valence-electron chi connectivity index (χ2n) is 3.97. The minimum Gasteiger partial charge on any atom is -0.506 e. The van der Waals surface area contributed by atoms with Gasteiger partial charge in [-0.2, -0.15) is 12.7 Å². The lowest BCUT2D eigenvalue weighted by molar-refractivity contribution is 0.0733. The van der Waals surface area contributed by atoms with Crippen LogP contribution >= 0.6 is 0 Å². The maximum Gasteiger partial charge on any atom is 0.302 e. The van der Waals surface area contributed by atoms with Crippen LogP contribution < -0.4 is 9.46 Å². The Labute approximate surface area is 111 Å². The molecular formula is C11H16N2O5S. The third-order valence-electron chi connectivity index (χ3n) is 2.77. The molecular weight excluding hydrogens is 272 g/mol. The summed E-state index contributed by atoms with van der Waals surface area (Å²) in [6, 6.07) is 4.53. The number of hydrogen-bond donors (Lipinski definition) is 2. The smallest absolute Gasteiger partial charge is 0.302 e. The Morgan fingerprint density at radius 1 is 1.37 bits per heavy atom. The second kappa shape index (κ2) is 5.64. The highest BCUT2D eigenvalue weighted by molar-refractivity contribution is 7.90. The maximum atomic E-state index is 12.2. The normalized spacial score (nSPS) is 17.1. The Balaban J connectivity index is 2.24. The average Bonchev–Trinajstić information content (AvgIpc) is 2.42. The van der Waals surface area contributed by atoms with Crippen molar-refractivity contribution in [1.29, 1.82) is 0 Å². The van der Waals surface area contributed by atoms with Crippen molar-refractivity contribution < 1.29 is 23.0 Å². The summed E-state index contributed by atoms with van der Waals surface area (Å²) in [6.45, 7) is 1.29. The van der Waals surface area contributed by atoms with Crippen molar-refractivity contribution in [3.05, 3.63) is 18.2 Å². The minimum atomic E-state index is -3.73. The van der Waals surface area contributed by atoms with Crippen LogP contribution in [0.5, 0.6) is 11.5 Å². The van der Waals surface area contributed by atoms with Gasteiger partial charge in [-0.25, -0.2) is 0 Å². The molecule has 0 saturated carbocycles. The molecule has 1 fully saturated rings. The van der Waals surface area contributed by atoms with Gasteiger partial charge in [0, 0.05) is 13.1 Å². The Bertz CT molecular complexity index is 540. The first kappa shape index (κ1) is 13.9. The number of hydrogen-bond acceptors (Lipinski definition) is 5.